The molecule has 4 rings (SSSR count). The van der Waals surface area contributed by atoms with Crippen LogP contribution < -0.4 is 11.3 Å². The molecule has 2 unspecified atom stereocenters. The fourth-order valence-electron chi connectivity index (χ4n) is 5.32. The van der Waals surface area contributed by atoms with Crippen molar-refractivity contribution in [1.29, 1.82) is 0 Å². The Morgan fingerprint density at radius 1 is 1.15 bits per heavy atom. The predicted octanol–water partition coefficient (Wildman–Crippen LogP) is 1.28. The second-order valence-corrected chi connectivity index (χ2v) is 9.57. The zero-order valence-electron chi connectivity index (χ0n) is 19.8. The first kappa shape index (κ1) is 24.2. The van der Waals surface area contributed by atoms with Gasteiger partial charge in [-0.25, -0.2) is 0 Å². The standard InChI is InChI=1S/C26H33N4O4/c1-17(31)12-30-18(2)24(22(25(27)33)11-23(30)32)26(34)29-15-20-13-28(14-21(20)16-29)10-6-9-19-7-4-3-5-8-19/h3-5,7-9,11,17,20-21,31H,6,10,12-16H2,1-2H3,(H2,27,33)/t17-,20?,21?/m0/s1. The molecule has 0 spiro atoms. The van der Waals surface area contributed by atoms with Gasteiger partial charge in [0.05, 0.1) is 23.8 Å². The molecule has 1 aromatic heterocycles. The van der Waals surface area contributed by atoms with Gasteiger partial charge >= 0.3 is 0 Å². The van der Waals surface area contributed by atoms with Crippen molar-refractivity contribution in [3.63, 3.8) is 0 Å². The Labute approximate surface area is 200 Å². The Balaban J connectivity index is 1.42. The van der Waals surface area contributed by atoms with E-state index in [1.807, 2.05) is 18.2 Å². The Kier molecular flexibility index (Phi) is 7.19. The highest BCUT2D eigenvalue weighted by molar-refractivity contribution is 6.07. The van der Waals surface area contributed by atoms with Crippen molar-refractivity contribution in [2.24, 2.45) is 17.6 Å². The first-order valence-electron chi connectivity index (χ1n) is 11.9. The van der Waals surface area contributed by atoms with Crippen molar-refractivity contribution in [3.8, 4) is 0 Å². The minimum Gasteiger partial charge on any atom is -0.392 e. The molecule has 1 aromatic carbocycles. The Bertz CT molecular complexity index is 1100. The number of primary amides is 1. The van der Waals surface area contributed by atoms with Gasteiger partial charge in [0.2, 0.25) is 5.91 Å². The van der Waals surface area contributed by atoms with Gasteiger partial charge in [0, 0.05) is 37.9 Å². The van der Waals surface area contributed by atoms with Crippen LogP contribution in [0.25, 0.3) is 0 Å². The van der Waals surface area contributed by atoms with E-state index in [4.69, 9.17) is 5.73 Å². The van der Waals surface area contributed by atoms with Crippen LogP contribution in [-0.4, -0.2) is 70.1 Å². The fourth-order valence-corrected chi connectivity index (χ4v) is 5.32. The van der Waals surface area contributed by atoms with Crippen LogP contribution in [0.2, 0.25) is 0 Å². The van der Waals surface area contributed by atoms with E-state index in [9.17, 15) is 19.5 Å². The van der Waals surface area contributed by atoms with E-state index in [2.05, 4.69) is 23.5 Å². The number of amides is 2. The maximum atomic E-state index is 13.5. The highest BCUT2D eigenvalue weighted by atomic mass is 16.3. The molecule has 34 heavy (non-hydrogen) atoms. The maximum absolute atomic E-state index is 13.5. The van der Waals surface area contributed by atoms with Gasteiger partial charge in [0.1, 0.15) is 0 Å². The van der Waals surface area contributed by atoms with Crippen LogP contribution >= 0.6 is 0 Å². The summed E-state index contributed by atoms with van der Waals surface area (Å²) < 4.78 is 1.34. The number of nitrogens with two attached hydrogens (primary N) is 1. The van der Waals surface area contributed by atoms with Crippen LogP contribution in [-0.2, 0) is 6.54 Å². The first-order valence-corrected chi connectivity index (χ1v) is 11.9. The zero-order chi connectivity index (χ0) is 24.4. The van der Waals surface area contributed by atoms with Crippen LogP contribution in [0.3, 0.4) is 0 Å². The lowest BCUT2D eigenvalue weighted by atomic mass is 10.0. The quantitative estimate of drug-likeness (QED) is 0.611. The summed E-state index contributed by atoms with van der Waals surface area (Å²) >= 11 is 0. The molecular weight excluding hydrogens is 432 g/mol. The minimum absolute atomic E-state index is 0.0458. The molecule has 3 N–H and O–H groups in total. The predicted molar refractivity (Wildman–Crippen MR) is 129 cm³/mol. The van der Waals surface area contributed by atoms with E-state index in [0.29, 0.717) is 30.6 Å². The topological polar surface area (TPSA) is 109 Å². The van der Waals surface area contributed by atoms with Gasteiger partial charge in [-0.05, 0) is 50.6 Å². The van der Waals surface area contributed by atoms with Crippen molar-refractivity contribution in [2.45, 2.75) is 32.9 Å². The molecule has 181 valence electrons. The number of fused-ring (bicyclic) bond motifs is 1. The fraction of sp³-hybridized carbons (Fsp3) is 0.462. The van der Waals surface area contributed by atoms with E-state index < -0.39 is 17.6 Å². The second-order valence-electron chi connectivity index (χ2n) is 9.57. The molecule has 2 aliphatic rings. The third kappa shape index (κ3) is 5.08. The lowest BCUT2D eigenvalue weighted by Gasteiger charge is -2.24. The summed E-state index contributed by atoms with van der Waals surface area (Å²) in [7, 11) is 0. The molecule has 8 nitrogen and oxygen atoms in total. The molecule has 2 aromatic rings. The lowest BCUT2D eigenvalue weighted by molar-refractivity contribution is 0.0765. The summed E-state index contributed by atoms with van der Waals surface area (Å²) in [5, 5.41) is 9.78. The molecule has 0 saturated carbocycles. The first-order chi connectivity index (χ1) is 16.2. The number of hydrogen-bond donors (Lipinski definition) is 2. The van der Waals surface area contributed by atoms with Gasteiger partial charge in [-0.2, -0.15) is 0 Å². The molecule has 0 bridgehead atoms. The molecule has 8 heteroatoms. The van der Waals surface area contributed by atoms with E-state index in [1.165, 1.54) is 10.1 Å². The number of aliphatic hydroxyl groups is 1. The van der Waals surface area contributed by atoms with Gasteiger partial charge in [-0.1, -0.05) is 30.3 Å². The van der Waals surface area contributed by atoms with Gasteiger partial charge in [-0.3, -0.25) is 14.4 Å². The number of aliphatic hydroxyl groups excluding tert-OH is 1. The number of hydrogen-bond acceptors (Lipinski definition) is 5. The molecule has 3 atom stereocenters. The molecule has 2 amide bonds. The molecular formula is C26H33N4O4. The van der Waals surface area contributed by atoms with Gasteiger partial charge in [-0.15, -0.1) is 0 Å². The van der Waals surface area contributed by atoms with Crippen LogP contribution in [0.5, 0.6) is 0 Å². The number of pyridine rings is 1. The third-order valence-corrected chi connectivity index (χ3v) is 6.97. The van der Waals surface area contributed by atoms with Crippen molar-refractivity contribution >= 4 is 11.8 Å². The van der Waals surface area contributed by atoms with Crippen LogP contribution in [0, 0.1) is 25.2 Å². The highest BCUT2D eigenvalue weighted by Gasteiger charge is 2.42. The number of aromatic nitrogens is 1. The number of rotatable bonds is 8. The van der Waals surface area contributed by atoms with Crippen molar-refractivity contribution in [1.82, 2.24) is 14.4 Å². The average molecular weight is 466 g/mol. The Hall–Kier alpha value is -2.97. The summed E-state index contributed by atoms with van der Waals surface area (Å²) in [6.45, 7) is 7.37. The van der Waals surface area contributed by atoms with Gasteiger partial charge in [0.25, 0.3) is 11.5 Å². The minimum atomic E-state index is -0.798. The van der Waals surface area contributed by atoms with Crippen LogP contribution in [0.4, 0.5) is 0 Å². The zero-order valence-corrected chi connectivity index (χ0v) is 19.8. The number of nitrogens with zero attached hydrogens (tertiary/aromatic N) is 3. The summed E-state index contributed by atoms with van der Waals surface area (Å²) in [4.78, 5) is 42.3. The Morgan fingerprint density at radius 2 is 1.79 bits per heavy atom. The second kappa shape index (κ2) is 10.1. The molecule has 0 aliphatic carbocycles. The molecule has 3 heterocycles. The van der Waals surface area contributed by atoms with Crippen molar-refractivity contribution in [3.05, 3.63) is 75.6 Å². The number of carbonyl (C=O) groups is 2. The molecule has 2 aliphatic heterocycles. The number of benzene rings is 1. The monoisotopic (exact) mass is 465 g/mol. The Morgan fingerprint density at radius 3 is 2.38 bits per heavy atom. The maximum Gasteiger partial charge on any atom is 0.256 e. The largest absolute Gasteiger partial charge is 0.392 e. The van der Waals surface area contributed by atoms with Gasteiger partial charge in [0.15, 0.2) is 0 Å². The summed E-state index contributed by atoms with van der Waals surface area (Å²) in [5.41, 5.74) is 6.78. The van der Waals surface area contributed by atoms with E-state index >= 15 is 0 Å². The normalized spacial score (nSPS) is 21.0. The van der Waals surface area contributed by atoms with Crippen LogP contribution in [0.15, 0.2) is 41.2 Å². The van der Waals surface area contributed by atoms with Gasteiger partial charge < -0.3 is 25.2 Å². The summed E-state index contributed by atoms with van der Waals surface area (Å²) in [6.07, 6.45) is 2.47. The molecule has 2 fully saturated rings. The van der Waals surface area contributed by atoms with Crippen LogP contribution in [0.1, 0.15) is 45.3 Å². The highest BCUT2D eigenvalue weighted by Crippen LogP contribution is 2.32. The van der Waals surface area contributed by atoms with E-state index in [0.717, 1.165) is 32.1 Å². The summed E-state index contributed by atoms with van der Waals surface area (Å²) in [5.74, 6) is -0.292. The summed E-state index contributed by atoms with van der Waals surface area (Å²) in [6, 6.07) is 11.4. The van der Waals surface area contributed by atoms with Crippen molar-refractivity contribution in [2.75, 3.05) is 32.7 Å². The molecule has 2 saturated heterocycles. The third-order valence-electron chi connectivity index (χ3n) is 6.97. The molecule has 1 radical (unpaired) electrons. The lowest BCUT2D eigenvalue weighted by Crippen LogP contribution is -2.38. The smallest absolute Gasteiger partial charge is 0.256 e. The van der Waals surface area contributed by atoms with E-state index in [1.54, 1.807) is 18.7 Å². The SMILES string of the molecule is Cc1c(C(=O)N2CC3CN(CC[CH]c4ccccc4)CC3C2)c(C(N)=O)cc(=O)n1C[C@H](C)O. The van der Waals surface area contributed by atoms with E-state index in [-0.39, 0.29) is 23.6 Å². The van der Waals surface area contributed by atoms with Crippen molar-refractivity contribution < 1.29 is 14.7 Å². The number of likely N-dealkylation sites (tertiary alicyclic amines) is 2. The average Bonchev–Trinajstić information content (AvgIpc) is 3.35. The number of carbonyl (C=O) groups excluding carboxylic acids is 2.